The van der Waals surface area contributed by atoms with Crippen molar-refractivity contribution in [3.8, 4) is 11.4 Å². The lowest BCUT2D eigenvalue weighted by molar-refractivity contribution is 0.628. The maximum absolute atomic E-state index is 12.9. The summed E-state index contributed by atoms with van der Waals surface area (Å²) in [5.74, 6) is 0.157. The second-order valence-corrected chi connectivity index (χ2v) is 4.34. The molecular weight excluding hydrogens is 245 g/mol. The summed E-state index contributed by atoms with van der Waals surface area (Å²) in [5, 5.41) is 3.00. The summed E-state index contributed by atoms with van der Waals surface area (Å²) in [5.41, 5.74) is 1.95. The molecule has 0 bridgehead atoms. The Morgan fingerprint density at radius 3 is 2.58 bits per heavy atom. The number of H-pyrrole nitrogens is 1. The van der Waals surface area contributed by atoms with Gasteiger partial charge in [0.05, 0.1) is 0 Å². The number of aromatic nitrogens is 2. The van der Waals surface area contributed by atoms with Crippen LogP contribution in [0, 0.1) is 12.7 Å². The molecule has 100 valence electrons. The average Bonchev–Trinajstić information content (AvgIpc) is 2.38. The van der Waals surface area contributed by atoms with Crippen LogP contribution < -0.4 is 10.9 Å². The standard InChI is InChI=1S/C14H16FN3O/c1-9-12(7-8-16-2)14(19)18-13(17-9)10-3-5-11(15)6-4-10/h3-6,16H,7-8H2,1-2H3,(H,17,18,19). The highest BCUT2D eigenvalue weighted by Crippen LogP contribution is 2.15. The van der Waals surface area contributed by atoms with Gasteiger partial charge in [0.2, 0.25) is 0 Å². The first kappa shape index (κ1) is 13.4. The van der Waals surface area contributed by atoms with E-state index in [1.165, 1.54) is 12.1 Å². The Balaban J connectivity index is 2.39. The van der Waals surface area contributed by atoms with Crippen LogP contribution in [-0.2, 0) is 6.42 Å². The lowest BCUT2D eigenvalue weighted by atomic mass is 10.1. The number of rotatable bonds is 4. The fourth-order valence-electron chi connectivity index (χ4n) is 1.90. The smallest absolute Gasteiger partial charge is 0.254 e. The number of halogens is 1. The van der Waals surface area contributed by atoms with Crippen molar-refractivity contribution in [3.05, 3.63) is 51.7 Å². The van der Waals surface area contributed by atoms with Crippen LogP contribution in [0.15, 0.2) is 29.1 Å². The highest BCUT2D eigenvalue weighted by molar-refractivity contribution is 5.54. The van der Waals surface area contributed by atoms with E-state index in [-0.39, 0.29) is 11.4 Å². The van der Waals surface area contributed by atoms with E-state index in [1.54, 1.807) is 12.1 Å². The zero-order valence-corrected chi connectivity index (χ0v) is 11.0. The molecule has 1 aromatic carbocycles. The van der Waals surface area contributed by atoms with Crippen LogP contribution in [0.2, 0.25) is 0 Å². The van der Waals surface area contributed by atoms with Crippen molar-refractivity contribution in [1.29, 1.82) is 0 Å². The molecule has 5 heteroatoms. The monoisotopic (exact) mass is 261 g/mol. The second kappa shape index (κ2) is 5.75. The maximum Gasteiger partial charge on any atom is 0.254 e. The quantitative estimate of drug-likeness (QED) is 0.879. The first-order valence-corrected chi connectivity index (χ1v) is 6.12. The van der Waals surface area contributed by atoms with Crippen LogP contribution in [-0.4, -0.2) is 23.6 Å². The minimum absolute atomic E-state index is 0.137. The molecule has 0 atom stereocenters. The first-order valence-electron chi connectivity index (χ1n) is 6.12. The molecule has 0 aliphatic rings. The number of nitrogens with zero attached hydrogens (tertiary/aromatic N) is 1. The van der Waals surface area contributed by atoms with Crippen molar-refractivity contribution in [2.45, 2.75) is 13.3 Å². The molecule has 19 heavy (non-hydrogen) atoms. The zero-order valence-electron chi connectivity index (χ0n) is 11.0. The average molecular weight is 261 g/mol. The molecule has 0 radical (unpaired) electrons. The number of likely N-dealkylation sites (N-methyl/N-ethyl adjacent to an activating group) is 1. The van der Waals surface area contributed by atoms with Gasteiger partial charge in [-0.3, -0.25) is 4.79 Å². The van der Waals surface area contributed by atoms with Crippen molar-refractivity contribution in [2.75, 3.05) is 13.6 Å². The van der Waals surface area contributed by atoms with Gasteiger partial charge in [0.1, 0.15) is 11.6 Å². The van der Waals surface area contributed by atoms with Crippen LogP contribution >= 0.6 is 0 Å². The van der Waals surface area contributed by atoms with Gasteiger partial charge in [0.25, 0.3) is 5.56 Å². The Bertz CT molecular complexity index is 620. The summed E-state index contributed by atoms with van der Waals surface area (Å²) < 4.78 is 12.9. The van der Waals surface area contributed by atoms with Crippen LogP contribution in [0.1, 0.15) is 11.3 Å². The SMILES string of the molecule is CNCCc1c(C)nc(-c2ccc(F)cc2)[nH]c1=O. The maximum atomic E-state index is 12.9. The number of nitrogens with one attached hydrogen (secondary N) is 2. The Hall–Kier alpha value is -2.01. The molecule has 1 aromatic heterocycles. The summed E-state index contributed by atoms with van der Waals surface area (Å²) in [6.45, 7) is 2.54. The van der Waals surface area contributed by atoms with Crippen LogP contribution in [0.4, 0.5) is 4.39 Å². The summed E-state index contributed by atoms with van der Waals surface area (Å²) in [6, 6.07) is 5.89. The molecule has 2 N–H and O–H groups in total. The van der Waals surface area contributed by atoms with E-state index in [2.05, 4.69) is 15.3 Å². The number of hydrogen-bond acceptors (Lipinski definition) is 3. The van der Waals surface area contributed by atoms with Gasteiger partial charge < -0.3 is 10.3 Å². The molecule has 4 nitrogen and oxygen atoms in total. The molecular formula is C14H16FN3O. The number of benzene rings is 1. The molecule has 0 saturated carbocycles. The number of aromatic amines is 1. The summed E-state index contributed by atoms with van der Waals surface area (Å²) >= 11 is 0. The fraction of sp³-hybridized carbons (Fsp3) is 0.286. The first-order chi connectivity index (χ1) is 9.11. The third-order valence-corrected chi connectivity index (χ3v) is 2.96. The second-order valence-electron chi connectivity index (χ2n) is 4.34. The van der Waals surface area contributed by atoms with E-state index in [9.17, 15) is 9.18 Å². The predicted octanol–water partition coefficient (Wildman–Crippen LogP) is 1.65. The topological polar surface area (TPSA) is 57.8 Å². The Kier molecular flexibility index (Phi) is 4.06. The van der Waals surface area contributed by atoms with Crippen molar-refractivity contribution in [2.24, 2.45) is 0 Å². The van der Waals surface area contributed by atoms with Crippen LogP contribution in [0.5, 0.6) is 0 Å². The van der Waals surface area contributed by atoms with E-state index in [4.69, 9.17) is 0 Å². The van der Waals surface area contributed by atoms with Crippen LogP contribution in [0.25, 0.3) is 11.4 Å². The highest BCUT2D eigenvalue weighted by atomic mass is 19.1. The normalized spacial score (nSPS) is 10.7. The number of hydrogen-bond donors (Lipinski definition) is 2. The Morgan fingerprint density at radius 1 is 1.32 bits per heavy atom. The molecule has 0 spiro atoms. The van der Waals surface area contributed by atoms with Crippen molar-refractivity contribution in [1.82, 2.24) is 15.3 Å². The predicted molar refractivity (Wildman–Crippen MR) is 72.6 cm³/mol. The lowest BCUT2D eigenvalue weighted by Crippen LogP contribution is -2.21. The molecule has 2 aromatic rings. The Labute approximate surface area is 110 Å². The van der Waals surface area contributed by atoms with Gasteiger partial charge in [-0.2, -0.15) is 0 Å². The van der Waals surface area contributed by atoms with Gasteiger partial charge in [-0.25, -0.2) is 9.37 Å². The van der Waals surface area contributed by atoms with Gasteiger partial charge in [-0.05, 0) is 51.2 Å². The number of aryl methyl sites for hydroxylation is 1. The molecule has 0 fully saturated rings. The molecule has 0 aliphatic heterocycles. The van der Waals surface area contributed by atoms with Gasteiger partial charge >= 0.3 is 0 Å². The van der Waals surface area contributed by atoms with E-state index in [0.717, 1.165) is 6.54 Å². The van der Waals surface area contributed by atoms with Gasteiger partial charge in [-0.1, -0.05) is 0 Å². The highest BCUT2D eigenvalue weighted by Gasteiger charge is 2.09. The minimum Gasteiger partial charge on any atom is -0.319 e. The van der Waals surface area contributed by atoms with Crippen LogP contribution in [0.3, 0.4) is 0 Å². The zero-order chi connectivity index (χ0) is 13.8. The largest absolute Gasteiger partial charge is 0.319 e. The molecule has 1 heterocycles. The lowest BCUT2D eigenvalue weighted by Gasteiger charge is -2.07. The molecule has 0 amide bonds. The van der Waals surface area contributed by atoms with Crippen molar-refractivity contribution < 1.29 is 4.39 Å². The summed E-state index contributed by atoms with van der Waals surface area (Å²) in [7, 11) is 1.84. The van der Waals surface area contributed by atoms with Gasteiger partial charge in [-0.15, -0.1) is 0 Å². The van der Waals surface area contributed by atoms with E-state index < -0.39 is 0 Å². The third-order valence-electron chi connectivity index (χ3n) is 2.96. The van der Waals surface area contributed by atoms with Gasteiger partial charge in [0.15, 0.2) is 0 Å². The molecule has 0 unspecified atom stereocenters. The van der Waals surface area contributed by atoms with E-state index in [1.807, 2.05) is 14.0 Å². The summed E-state index contributed by atoms with van der Waals surface area (Å²) in [4.78, 5) is 19.1. The van der Waals surface area contributed by atoms with E-state index >= 15 is 0 Å². The molecule has 2 rings (SSSR count). The van der Waals surface area contributed by atoms with E-state index in [0.29, 0.717) is 29.1 Å². The minimum atomic E-state index is -0.312. The van der Waals surface area contributed by atoms with Crippen molar-refractivity contribution in [3.63, 3.8) is 0 Å². The molecule has 0 saturated heterocycles. The summed E-state index contributed by atoms with van der Waals surface area (Å²) in [6.07, 6.45) is 0.633. The van der Waals surface area contributed by atoms with Crippen molar-refractivity contribution >= 4 is 0 Å². The molecule has 0 aliphatic carbocycles. The van der Waals surface area contributed by atoms with Gasteiger partial charge in [0, 0.05) is 16.8 Å². The fourth-order valence-corrected chi connectivity index (χ4v) is 1.90. The Morgan fingerprint density at radius 2 is 2.00 bits per heavy atom. The third kappa shape index (κ3) is 3.06.